The number of aromatic nitrogens is 1. The zero-order chi connectivity index (χ0) is 19.0. The summed E-state index contributed by atoms with van der Waals surface area (Å²) in [5.74, 6) is -0.0233. The number of hydrogen-bond acceptors (Lipinski definition) is 6. The maximum Gasteiger partial charge on any atom is 0.274 e. The molecule has 0 aliphatic carbocycles. The molecular formula is C18H16BrFN4O2S. The van der Waals surface area contributed by atoms with Gasteiger partial charge in [0.15, 0.2) is 5.17 Å². The molecule has 2 aromatic rings. The lowest BCUT2D eigenvalue weighted by atomic mass is 9.81. The van der Waals surface area contributed by atoms with Crippen LogP contribution in [0.4, 0.5) is 10.1 Å². The Labute approximate surface area is 167 Å². The number of amidine groups is 1. The summed E-state index contributed by atoms with van der Waals surface area (Å²) in [5.41, 5.74) is 6.19. The molecular weight excluding hydrogens is 435 g/mol. The quantitative estimate of drug-likeness (QED) is 0.749. The molecule has 3 heterocycles. The predicted molar refractivity (Wildman–Crippen MR) is 106 cm³/mol. The number of pyridine rings is 1. The van der Waals surface area contributed by atoms with E-state index in [1.54, 1.807) is 24.4 Å². The minimum atomic E-state index is -0.851. The summed E-state index contributed by atoms with van der Waals surface area (Å²) in [5, 5.41) is 3.18. The molecule has 1 fully saturated rings. The Bertz CT molecular complexity index is 924. The topological polar surface area (TPSA) is 89.6 Å². The van der Waals surface area contributed by atoms with Crippen LogP contribution in [-0.2, 0) is 10.3 Å². The summed E-state index contributed by atoms with van der Waals surface area (Å²) in [6.45, 7) is 0.768. The van der Waals surface area contributed by atoms with Gasteiger partial charge in [0.05, 0.1) is 13.2 Å². The van der Waals surface area contributed by atoms with Crippen LogP contribution in [0.25, 0.3) is 0 Å². The third-order valence-corrected chi connectivity index (χ3v) is 6.13. The van der Waals surface area contributed by atoms with E-state index in [-0.39, 0.29) is 24.1 Å². The highest BCUT2D eigenvalue weighted by molar-refractivity contribution is 9.10. The van der Waals surface area contributed by atoms with Gasteiger partial charge in [0.1, 0.15) is 17.1 Å². The lowest BCUT2D eigenvalue weighted by Gasteiger charge is -2.34. The summed E-state index contributed by atoms with van der Waals surface area (Å²) in [6, 6.07) is 7.79. The second-order valence-corrected chi connectivity index (χ2v) is 8.36. The lowest BCUT2D eigenvalue weighted by Crippen LogP contribution is -2.40. The van der Waals surface area contributed by atoms with Crippen molar-refractivity contribution in [2.75, 3.05) is 24.3 Å². The number of carbonyl (C=O) groups is 1. The van der Waals surface area contributed by atoms with E-state index in [1.165, 1.54) is 23.9 Å². The van der Waals surface area contributed by atoms with Gasteiger partial charge in [-0.3, -0.25) is 4.79 Å². The largest absolute Gasteiger partial charge is 0.379 e. The van der Waals surface area contributed by atoms with Gasteiger partial charge in [-0.1, -0.05) is 11.8 Å². The molecule has 27 heavy (non-hydrogen) atoms. The molecule has 1 saturated heterocycles. The van der Waals surface area contributed by atoms with Crippen molar-refractivity contribution < 1.29 is 13.9 Å². The first-order valence-electron chi connectivity index (χ1n) is 8.27. The van der Waals surface area contributed by atoms with Crippen molar-refractivity contribution in [3.8, 4) is 0 Å². The van der Waals surface area contributed by atoms with Crippen LogP contribution in [0.2, 0.25) is 0 Å². The van der Waals surface area contributed by atoms with Crippen molar-refractivity contribution >= 4 is 44.5 Å². The van der Waals surface area contributed by atoms with Crippen molar-refractivity contribution in [2.45, 2.75) is 5.54 Å². The number of thioether (sulfide) groups is 1. The number of rotatable bonds is 3. The van der Waals surface area contributed by atoms with Gasteiger partial charge in [0, 0.05) is 33.6 Å². The summed E-state index contributed by atoms with van der Waals surface area (Å²) in [7, 11) is 0. The molecule has 140 valence electrons. The molecule has 0 spiro atoms. The maximum absolute atomic E-state index is 14.7. The monoisotopic (exact) mass is 450 g/mol. The van der Waals surface area contributed by atoms with E-state index in [0.717, 1.165) is 4.47 Å². The zero-order valence-electron chi connectivity index (χ0n) is 14.1. The number of nitrogens with one attached hydrogen (secondary N) is 1. The normalized spacial score (nSPS) is 24.2. The second kappa shape index (κ2) is 7.21. The summed E-state index contributed by atoms with van der Waals surface area (Å²) >= 11 is 4.73. The minimum Gasteiger partial charge on any atom is -0.379 e. The van der Waals surface area contributed by atoms with E-state index >= 15 is 0 Å². The molecule has 2 aliphatic heterocycles. The first kappa shape index (κ1) is 18.4. The van der Waals surface area contributed by atoms with Gasteiger partial charge in [0.25, 0.3) is 5.91 Å². The Kier molecular flexibility index (Phi) is 4.92. The van der Waals surface area contributed by atoms with Gasteiger partial charge in [0.2, 0.25) is 0 Å². The molecule has 0 saturated carbocycles. The van der Waals surface area contributed by atoms with Gasteiger partial charge in [-0.15, -0.1) is 0 Å². The number of ether oxygens (including phenoxy) is 1. The fourth-order valence-corrected chi connectivity index (χ4v) is 4.54. The maximum atomic E-state index is 14.7. The Balaban J connectivity index is 1.67. The molecule has 0 radical (unpaired) electrons. The number of anilines is 1. The van der Waals surface area contributed by atoms with Crippen LogP contribution >= 0.6 is 27.7 Å². The number of amides is 1. The highest BCUT2D eigenvalue weighted by atomic mass is 79.9. The molecule has 3 N–H and O–H groups in total. The summed E-state index contributed by atoms with van der Waals surface area (Å²) < 4.78 is 21.1. The standard InChI is InChI=1S/C18H16BrFN4O2S/c19-11-1-4-15(22-6-11)16(25)23-12-2-3-14(20)13(5-12)18-9-26-7-10(18)8-27-17(21)24-18/h1-6,10H,7-9H2,(H2,21,24)(H,23,25). The number of fused-ring (bicyclic) bond motifs is 1. The molecule has 0 bridgehead atoms. The minimum absolute atomic E-state index is 0.0309. The van der Waals surface area contributed by atoms with E-state index < -0.39 is 11.4 Å². The van der Waals surface area contributed by atoms with Crippen LogP contribution in [0.15, 0.2) is 46.0 Å². The number of hydrogen-bond donors (Lipinski definition) is 2. The molecule has 2 atom stereocenters. The van der Waals surface area contributed by atoms with Crippen LogP contribution in [0.1, 0.15) is 16.1 Å². The highest BCUT2D eigenvalue weighted by Gasteiger charge is 2.49. The average molecular weight is 451 g/mol. The SMILES string of the molecule is NC1=NC2(c3cc(NC(=O)c4ccc(Br)cn4)ccc3F)COCC2CS1. The Morgan fingerprint density at radius 1 is 1.41 bits per heavy atom. The van der Waals surface area contributed by atoms with Crippen LogP contribution in [0, 0.1) is 11.7 Å². The Morgan fingerprint density at radius 2 is 2.26 bits per heavy atom. The van der Waals surface area contributed by atoms with Crippen LogP contribution in [0.5, 0.6) is 0 Å². The van der Waals surface area contributed by atoms with Gasteiger partial charge in [-0.05, 0) is 46.3 Å². The van der Waals surface area contributed by atoms with Crippen molar-refractivity contribution in [2.24, 2.45) is 16.6 Å². The molecule has 6 nitrogen and oxygen atoms in total. The van der Waals surface area contributed by atoms with Crippen molar-refractivity contribution in [3.05, 3.63) is 58.1 Å². The van der Waals surface area contributed by atoms with Gasteiger partial charge in [-0.25, -0.2) is 14.4 Å². The first-order valence-corrected chi connectivity index (χ1v) is 10.0. The van der Waals surface area contributed by atoms with Crippen molar-refractivity contribution in [3.63, 3.8) is 0 Å². The van der Waals surface area contributed by atoms with E-state index in [4.69, 9.17) is 10.5 Å². The van der Waals surface area contributed by atoms with Gasteiger partial charge in [-0.2, -0.15) is 0 Å². The average Bonchev–Trinajstić information content (AvgIpc) is 3.07. The second-order valence-electron chi connectivity index (χ2n) is 6.41. The number of nitrogens with zero attached hydrogens (tertiary/aromatic N) is 2. The fourth-order valence-electron chi connectivity index (χ4n) is 3.33. The van der Waals surface area contributed by atoms with Crippen molar-refractivity contribution in [1.82, 2.24) is 4.98 Å². The third-order valence-electron chi connectivity index (χ3n) is 4.71. The van der Waals surface area contributed by atoms with Crippen LogP contribution < -0.4 is 11.1 Å². The lowest BCUT2D eigenvalue weighted by molar-refractivity contribution is 0.102. The van der Waals surface area contributed by atoms with Crippen LogP contribution in [0.3, 0.4) is 0 Å². The number of carbonyl (C=O) groups excluding carboxylic acids is 1. The summed E-state index contributed by atoms with van der Waals surface area (Å²) in [6.07, 6.45) is 1.54. The van der Waals surface area contributed by atoms with E-state index in [9.17, 15) is 9.18 Å². The molecule has 2 unspecified atom stereocenters. The highest BCUT2D eigenvalue weighted by Crippen LogP contribution is 2.45. The first-order chi connectivity index (χ1) is 13.0. The smallest absolute Gasteiger partial charge is 0.274 e. The molecule has 1 aromatic carbocycles. The third kappa shape index (κ3) is 3.46. The van der Waals surface area contributed by atoms with E-state index in [2.05, 4.69) is 31.2 Å². The number of halogens is 2. The number of nitrogens with two attached hydrogens (primary N) is 1. The molecule has 1 amide bonds. The van der Waals surface area contributed by atoms with E-state index in [1.807, 2.05) is 0 Å². The summed E-state index contributed by atoms with van der Waals surface area (Å²) in [4.78, 5) is 21.0. The predicted octanol–water partition coefficient (Wildman–Crippen LogP) is 3.14. The van der Waals surface area contributed by atoms with Gasteiger partial charge >= 0.3 is 0 Å². The number of benzene rings is 1. The fraction of sp³-hybridized carbons (Fsp3) is 0.278. The molecule has 4 rings (SSSR count). The molecule has 9 heteroatoms. The van der Waals surface area contributed by atoms with Crippen LogP contribution in [-0.4, -0.2) is 35.0 Å². The molecule has 1 aromatic heterocycles. The molecule has 2 aliphatic rings. The Hall–Kier alpha value is -1.97. The van der Waals surface area contributed by atoms with E-state index in [0.29, 0.717) is 28.8 Å². The number of aliphatic imine (C=N–C) groups is 1. The Morgan fingerprint density at radius 3 is 3.04 bits per heavy atom. The van der Waals surface area contributed by atoms with Gasteiger partial charge < -0.3 is 15.8 Å². The zero-order valence-corrected chi connectivity index (χ0v) is 16.5. The van der Waals surface area contributed by atoms with Crippen molar-refractivity contribution in [1.29, 1.82) is 0 Å².